The molecule has 3 aromatic carbocycles. The number of rotatable bonds is 19. The molecule has 0 radical (unpaired) electrons. The maximum absolute atomic E-state index is 13.4. The summed E-state index contributed by atoms with van der Waals surface area (Å²) in [4.78, 5) is 26.7. The molecule has 0 bridgehead atoms. The molecule has 6 N–H and O–H groups in total. The lowest BCUT2D eigenvalue weighted by molar-refractivity contribution is -0.124. The highest BCUT2D eigenvalue weighted by molar-refractivity contribution is 6.06. The SMILES string of the molecule is COc1cc(/C=C/C(=O)CC(=O)CCCC2(C[C@@H]3[C@H]4CCNC[C@H]4C[C@@H]4C=CCN[C@@H]34)CCCC2)c(CC2=CNC(N)C=C2CCc2cccc(CCc3ccccc3)c2)cc1O. The minimum absolute atomic E-state index is 0.0165. The Morgan fingerprint density at radius 1 is 0.952 bits per heavy atom. The molecule has 2 saturated carbocycles. The van der Waals surface area contributed by atoms with Gasteiger partial charge in [-0.25, -0.2) is 0 Å². The van der Waals surface area contributed by atoms with Gasteiger partial charge in [0.05, 0.1) is 19.7 Å². The van der Waals surface area contributed by atoms with Gasteiger partial charge in [-0.05, 0) is 182 Å². The number of phenols is 1. The number of piperidine rings is 1. The first-order chi connectivity index (χ1) is 30.7. The number of ether oxygens (including phenoxy) is 1. The number of dihydropyridines is 1. The van der Waals surface area contributed by atoms with Crippen LogP contribution < -0.4 is 26.4 Å². The van der Waals surface area contributed by atoms with E-state index in [0.717, 1.165) is 92.3 Å². The second-order valence-corrected chi connectivity index (χ2v) is 19.4. The Bertz CT molecular complexity index is 2170. The van der Waals surface area contributed by atoms with Crippen LogP contribution in [0.4, 0.5) is 0 Å². The van der Waals surface area contributed by atoms with Crippen LogP contribution in [0.1, 0.15) is 105 Å². The van der Waals surface area contributed by atoms with Crippen molar-refractivity contribution in [2.75, 3.05) is 26.7 Å². The van der Waals surface area contributed by atoms with Crippen molar-refractivity contribution in [1.29, 1.82) is 0 Å². The number of ketones is 2. The predicted molar refractivity (Wildman–Crippen MR) is 254 cm³/mol. The number of hydrogen-bond acceptors (Lipinski definition) is 8. The third kappa shape index (κ3) is 11.7. The largest absolute Gasteiger partial charge is 0.504 e. The Kier molecular flexibility index (Phi) is 15.1. The van der Waals surface area contributed by atoms with Crippen molar-refractivity contribution in [2.24, 2.45) is 34.8 Å². The lowest BCUT2D eigenvalue weighted by Gasteiger charge is -2.52. The molecular formula is C55H70N4O4. The van der Waals surface area contributed by atoms with Crippen LogP contribution in [0.2, 0.25) is 0 Å². The van der Waals surface area contributed by atoms with E-state index < -0.39 is 0 Å². The van der Waals surface area contributed by atoms with E-state index in [0.29, 0.717) is 41.9 Å². The quantitative estimate of drug-likeness (QED) is 0.0460. The van der Waals surface area contributed by atoms with Crippen LogP contribution in [0.5, 0.6) is 11.5 Å². The van der Waals surface area contributed by atoms with Gasteiger partial charge in [-0.3, -0.25) is 9.59 Å². The molecule has 1 unspecified atom stereocenters. The van der Waals surface area contributed by atoms with Gasteiger partial charge in [-0.15, -0.1) is 0 Å². The van der Waals surface area contributed by atoms with Crippen LogP contribution in [-0.2, 0) is 35.3 Å². The van der Waals surface area contributed by atoms with Crippen molar-refractivity contribution in [3.05, 3.63) is 136 Å². The van der Waals surface area contributed by atoms with E-state index in [-0.39, 0.29) is 29.9 Å². The maximum Gasteiger partial charge on any atom is 0.163 e. The number of aryl methyl sites for hydroxylation is 3. The average molecular weight is 851 g/mol. The summed E-state index contributed by atoms with van der Waals surface area (Å²) in [6.45, 7) is 3.26. The number of carbonyl (C=O) groups excluding carboxylic acids is 2. The standard InChI is InChI=1S/C55H70N4O4/c1-63-52-32-41(44(31-51(52)62)30-45-37-59-53(56)33-42(45)19-18-40-13-7-12-39(28-40)17-16-38-10-3-2-4-11-38)20-21-48(61)34-47(60)15-8-25-55(23-5-6-24-55)35-50-49-22-27-57-36-46(49)29-43-14-9-26-58-54(43)50/h2-4,7,9-14,20-21,28,31-33,37,43,46,49-50,53-54,57-59,62H,5-6,8,15-19,22-27,29-30,34-36,56H2,1H3/b21-20+/t43-,46+,49-,50+,53?,54+/m0/s1. The summed E-state index contributed by atoms with van der Waals surface area (Å²) >= 11 is 0. The number of nitrogens with one attached hydrogen (secondary N) is 3. The number of Topliss-reactive ketones (excluding diaryl/α,β-unsaturated/α-hetero) is 1. The summed E-state index contributed by atoms with van der Waals surface area (Å²) in [5.74, 6) is 3.04. The molecule has 8 rings (SSSR count). The Morgan fingerprint density at radius 3 is 2.54 bits per heavy atom. The molecule has 0 aromatic heterocycles. The second-order valence-electron chi connectivity index (χ2n) is 19.4. The van der Waals surface area contributed by atoms with Crippen LogP contribution >= 0.6 is 0 Å². The van der Waals surface area contributed by atoms with E-state index >= 15 is 0 Å². The summed E-state index contributed by atoms with van der Waals surface area (Å²) in [5, 5.41) is 21.8. The van der Waals surface area contributed by atoms with Crippen LogP contribution in [0, 0.1) is 29.1 Å². The number of nitrogens with two attached hydrogens (primary N) is 1. The number of methoxy groups -OCH3 is 1. The molecule has 3 fully saturated rings. The van der Waals surface area contributed by atoms with Gasteiger partial charge in [0.2, 0.25) is 0 Å². The number of aromatic hydroxyl groups is 1. The fourth-order valence-electron chi connectivity index (χ4n) is 12.0. The number of benzene rings is 3. The molecule has 0 spiro atoms. The van der Waals surface area contributed by atoms with Crippen LogP contribution in [0.25, 0.3) is 6.08 Å². The minimum atomic E-state index is -0.290. The zero-order valence-corrected chi connectivity index (χ0v) is 37.5. The smallest absolute Gasteiger partial charge is 0.163 e. The number of phenolic OH excluding ortho intramolecular Hbond substituents is 1. The van der Waals surface area contributed by atoms with Crippen molar-refractivity contribution in [3.8, 4) is 11.5 Å². The van der Waals surface area contributed by atoms with Crippen molar-refractivity contribution >= 4 is 17.6 Å². The number of hydrogen-bond donors (Lipinski definition) is 5. The molecule has 1 saturated heterocycles. The van der Waals surface area contributed by atoms with Gasteiger partial charge in [0, 0.05) is 25.2 Å². The third-order valence-corrected chi connectivity index (χ3v) is 15.2. The average Bonchev–Trinajstić information content (AvgIpc) is 3.76. The van der Waals surface area contributed by atoms with Gasteiger partial charge in [0.15, 0.2) is 17.3 Å². The zero-order valence-electron chi connectivity index (χ0n) is 37.5. The van der Waals surface area contributed by atoms with E-state index in [9.17, 15) is 14.7 Å². The summed E-state index contributed by atoms with van der Waals surface area (Å²) in [5.41, 5.74) is 14.5. The van der Waals surface area contributed by atoms with Gasteiger partial charge in [0.25, 0.3) is 0 Å². The van der Waals surface area contributed by atoms with Crippen molar-refractivity contribution in [2.45, 2.75) is 115 Å². The van der Waals surface area contributed by atoms with E-state index in [1.165, 1.54) is 74.8 Å². The predicted octanol–water partition coefficient (Wildman–Crippen LogP) is 9.11. The number of allylic oxidation sites excluding steroid dienone is 3. The zero-order chi connectivity index (χ0) is 43.6. The highest BCUT2D eigenvalue weighted by atomic mass is 16.5. The van der Waals surface area contributed by atoms with Crippen LogP contribution in [-0.4, -0.2) is 55.6 Å². The van der Waals surface area contributed by atoms with E-state index in [1.54, 1.807) is 18.2 Å². The van der Waals surface area contributed by atoms with Crippen LogP contribution in [0.15, 0.2) is 108 Å². The molecule has 5 aliphatic rings. The van der Waals surface area contributed by atoms with E-state index in [2.05, 4.69) is 88.8 Å². The Balaban J connectivity index is 0.868. The molecule has 0 amide bonds. The summed E-state index contributed by atoms with van der Waals surface area (Å²) in [7, 11) is 1.52. The molecule has 8 nitrogen and oxygen atoms in total. The van der Waals surface area contributed by atoms with Gasteiger partial charge in [-0.2, -0.15) is 0 Å². The normalized spacial score (nSPS) is 25.1. The molecule has 334 valence electrons. The van der Waals surface area contributed by atoms with Crippen molar-refractivity contribution in [1.82, 2.24) is 16.0 Å². The Labute approximate surface area is 375 Å². The molecule has 6 atom stereocenters. The number of carbonyl (C=O) groups is 2. The first kappa shape index (κ1) is 44.8. The highest BCUT2D eigenvalue weighted by Gasteiger charge is 2.48. The fourth-order valence-corrected chi connectivity index (χ4v) is 12.0. The molecule has 3 aliphatic heterocycles. The van der Waals surface area contributed by atoms with Gasteiger partial charge >= 0.3 is 0 Å². The molecule has 3 aromatic rings. The fraction of sp³-hybridized carbons (Fsp3) is 0.491. The van der Waals surface area contributed by atoms with Gasteiger partial charge < -0.3 is 31.5 Å². The molecule has 63 heavy (non-hydrogen) atoms. The summed E-state index contributed by atoms with van der Waals surface area (Å²) in [6, 6.07) is 23.5. The highest BCUT2D eigenvalue weighted by Crippen LogP contribution is 2.53. The summed E-state index contributed by atoms with van der Waals surface area (Å²) in [6.07, 6.45) is 27.3. The Morgan fingerprint density at radius 2 is 1.73 bits per heavy atom. The second kappa shape index (κ2) is 21.3. The first-order valence-corrected chi connectivity index (χ1v) is 24.0. The van der Waals surface area contributed by atoms with E-state index in [4.69, 9.17) is 10.5 Å². The van der Waals surface area contributed by atoms with Crippen molar-refractivity contribution in [3.63, 3.8) is 0 Å². The molecule has 3 heterocycles. The van der Waals surface area contributed by atoms with Gasteiger partial charge in [0.1, 0.15) is 5.78 Å². The third-order valence-electron chi connectivity index (χ3n) is 15.2. The molecular weight excluding hydrogens is 781 g/mol. The molecule has 8 heteroatoms. The lowest BCUT2D eigenvalue weighted by Crippen LogP contribution is -2.56. The first-order valence-electron chi connectivity index (χ1n) is 24.0. The topological polar surface area (TPSA) is 126 Å². The van der Waals surface area contributed by atoms with Crippen molar-refractivity contribution < 1.29 is 19.4 Å². The minimum Gasteiger partial charge on any atom is -0.504 e. The van der Waals surface area contributed by atoms with Crippen LogP contribution in [0.3, 0.4) is 0 Å². The monoisotopic (exact) mass is 851 g/mol. The number of fused-ring (bicyclic) bond motifs is 2. The van der Waals surface area contributed by atoms with E-state index in [1.807, 2.05) is 6.20 Å². The summed E-state index contributed by atoms with van der Waals surface area (Å²) < 4.78 is 5.48. The van der Waals surface area contributed by atoms with Gasteiger partial charge in [-0.1, -0.05) is 85.7 Å². The molecule has 2 aliphatic carbocycles. The Hall–Kier alpha value is -4.76. The maximum atomic E-state index is 13.4. The lowest BCUT2D eigenvalue weighted by atomic mass is 9.57.